The first-order chi connectivity index (χ1) is 12.2. The number of ether oxygens (including phenoxy) is 3. The van der Waals surface area contributed by atoms with Gasteiger partial charge in [0.2, 0.25) is 0 Å². The molecule has 0 spiro atoms. The fraction of sp³-hybridized carbons (Fsp3) is 0.444. The van der Waals surface area contributed by atoms with Gasteiger partial charge in [0.25, 0.3) is 11.1 Å². The average molecular weight is 362 g/mol. The lowest BCUT2D eigenvalue weighted by molar-refractivity contribution is 0.0772. The van der Waals surface area contributed by atoms with Crippen LogP contribution in [0.5, 0.6) is 16.7 Å². The molecule has 1 amide bonds. The number of hydrogen-bond donors (Lipinski definition) is 0. The highest BCUT2D eigenvalue weighted by atomic mass is 32.1. The standard InChI is InChI=1S/C18H22N2O4S/c1-3-22-15-6-5-13(11-16(15)23-4-2)17(21)20-9-7-14(12-20)24-18-19-8-10-25-18/h5-6,8,10-11,14H,3-4,7,9,12H2,1-2H3. The maximum absolute atomic E-state index is 12.8. The first-order valence-corrected chi connectivity index (χ1v) is 9.34. The Balaban J connectivity index is 1.67. The highest BCUT2D eigenvalue weighted by Gasteiger charge is 2.29. The summed E-state index contributed by atoms with van der Waals surface area (Å²) in [7, 11) is 0. The van der Waals surface area contributed by atoms with Gasteiger partial charge in [-0.25, -0.2) is 4.98 Å². The lowest BCUT2D eigenvalue weighted by atomic mass is 10.1. The van der Waals surface area contributed by atoms with E-state index in [1.54, 1.807) is 24.4 Å². The molecule has 6 nitrogen and oxygen atoms in total. The van der Waals surface area contributed by atoms with Crippen molar-refractivity contribution in [2.45, 2.75) is 26.4 Å². The molecule has 1 aliphatic rings. The van der Waals surface area contributed by atoms with Crippen molar-refractivity contribution in [3.63, 3.8) is 0 Å². The topological polar surface area (TPSA) is 60.9 Å². The SMILES string of the molecule is CCOc1ccc(C(=O)N2CCC(Oc3nccs3)C2)cc1OCC. The van der Waals surface area contributed by atoms with Crippen LogP contribution in [0, 0.1) is 0 Å². The summed E-state index contributed by atoms with van der Waals surface area (Å²) in [6, 6.07) is 5.33. The molecule has 1 aliphatic heterocycles. The van der Waals surface area contributed by atoms with Gasteiger partial charge in [-0.3, -0.25) is 4.79 Å². The minimum absolute atomic E-state index is 0.0100. The lowest BCUT2D eigenvalue weighted by Gasteiger charge is -2.18. The minimum Gasteiger partial charge on any atom is -0.490 e. The summed E-state index contributed by atoms with van der Waals surface area (Å²) in [6.07, 6.45) is 2.51. The number of amides is 1. The molecule has 7 heteroatoms. The molecule has 1 unspecified atom stereocenters. The Kier molecular flexibility index (Phi) is 5.75. The van der Waals surface area contributed by atoms with Crippen molar-refractivity contribution in [2.75, 3.05) is 26.3 Å². The Labute approximate surface area is 151 Å². The largest absolute Gasteiger partial charge is 0.490 e. The van der Waals surface area contributed by atoms with Gasteiger partial charge in [0.05, 0.1) is 19.8 Å². The first-order valence-electron chi connectivity index (χ1n) is 8.46. The van der Waals surface area contributed by atoms with E-state index in [-0.39, 0.29) is 12.0 Å². The van der Waals surface area contributed by atoms with Crippen LogP contribution in [0.4, 0.5) is 0 Å². The molecule has 134 valence electrons. The fourth-order valence-corrected chi connectivity index (χ4v) is 3.34. The van der Waals surface area contributed by atoms with Gasteiger partial charge < -0.3 is 19.1 Å². The second-order valence-electron chi connectivity index (χ2n) is 5.61. The summed E-state index contributed by atoms with van der Waals surface area (Å²) in [6.45, 7) is 6.13. The van der Waals surface area contributed by atoms with Crippen molar-refractivity contribution in [1.29, 1.82) is 0 Å². The van der Waals surface area contributed by atoms with Crippen LogP contribution < -0.4 is 14.2 Å². The summed E-state index contributed by atoms with van der Waals surface area (Å²) in [5, 5.41) is 2.53. The van der Waals surface area contributed by atoms with Crippen molar-refractivity contribution in [2.24, 2.45) is 0 Å². The zero-order chi connectivity index (χ0) is 17.6. The summed E-state index contributed by atoms with van der Waals surface area (Å²) in [5.74, 6) is 1.24. The van der Waals surface area contributed by atoms with Gasteiger partial charge in [0.15, 0.2) is 11.5 Å². The van der Waals surface area contributed by atoms with Crippen molar-refractivity contribution in [3.8, 4) is 16.7 Å². The van der Waals surface area contributed by atoms with Crippen molar-refractivity contribution in [3.05, 3.63) is 35.3 Å². The number of nitrogens with zero attached hydrogens (tertiary/aromatic N) is 2. The molecule has 2 aromatic rings. The van der Waals surface area contributed by atoms with Crippen molar-refractivity contribution in [1.82, 2.24) is 9.88 Å². The van der Waals surface area contributed by atoms with Gasteiger partial charge in [-0.15, -0.1) is 0 Å². The summed E-state index contributed by atoms with van der Waals surface area (Å²) < 4.78 is 17.0. The summed E-state index contributed by atoms with van der Waals surface area (Å²) in [5.41, 5.74) is 0.599. The fourth-order valence-electron chi connectivity index (χ4n) is 2.79. The molecule has 0 saturated carbocycles. The smallest absolute Gasteiger partial charge is 0.273 e. The number of rotatable bonds is 7. The van der Waals surface area contributed by atoms with E-state index in [0.29, 0.717) is 48.6 Å². The quantitative estimate of drug-likeness (QED) is 0.757. The Morgan fingerprint density at radius 3 is 2.80 bits per heavy atom. The molecule has 1 atom stereocenters. The number of hydrogen-bond acceptors (Lipinski definition) is 6. The molecule has 0 bridgehead atoms. The van der Waals surface area contributed by atoms with E-state index in [4.69, 9.17) is 14.2 Å². The number of aromatic nitrogens is 1. The molecule has 1 fully saturated rings. The van der Waals surface area contributed by atoms with Crippen molar-refractivity contribution >= 4 is 17.2 Å². The van der Waals surface area contributed by atoms with Crippen LogP contribution >= 0.6 is 11.3 Å². The second kappa shape index (κ2) is 8.20. The van der Waals surface area contributed by atoms with Crippen LogP contribution in [0.2, 0.25) is 0 Å². The van der Waals surface area contributed by atoms with E-state index in [9.17, 15) is 4.79 Å². The molecule has 25 heavy (non-hydrogen) atoms. The van der Waals surface area contributed by atoms with Crippen LogP contribution in [-0.4, -0.2) is 48.2 Å². The number of benzene rings is 1. The molecular weight excluding hydrogens is 340 g/mol. The highest BCUT2D eigenvalue weighted by molar-refractivity contribution is 7.11. The van der Waals surface area contributed by atoms with E-state index >= 15 is 0 Å². The van der Waals surface area contributed by atoms with Crippen LogP contribution in [-0.2, 0) is 0 Å². The zero-order valence-corrected chi connectivity index (χ0v) is 15.3. The predicted molar refractivity (Wildman–Crippen MR) is 95.8 cm³/mol. The molecule has 1 saturated heterocycles. The third-order valence-electron chi connectivity index (χ3n) is 3.90. The molecule has 1 aromatic carbocycles. The van der Waals surface area contributed by atoms with Gasteiger partial charge in [0, 0.05) is 30.1 Å². The van der Waals surface area contributed by atoms with E-state index in [2.05, 4.69) is 4.98 Å². The summed E-state index contributed by atoms with van der Waals surface area (Å²) >= 11 is 1.46. The average Bonchev–Trinajstić information content (AvgIpc) is 3.29. The van der Waals surface area contributed by atoms with E-state index < -0.39 is 0 Å². The Bertz CT molecular complexity index is 705. The van der Waals surface area contributed by atoms with Gasteiger partial charge >= 0.3 is 0 Å². The van der Waals surface area contributed by atoms with Crippen LogP contribution in [0.25, 0.3) is 0 Å². The first kappa shape index (κ1) is 17.5. The number of carbonyl (C=O) groups excluding carboxylic acids is 1. The number of carbonyl (C=O) groups is 1. The normalized spacial score (nSPS) is 16.7. The zero-order valence-electron chi connectivity index (χ0n) is 14.4. The second-order valence-corrected chi connectivity index (χ2v) is 6.46. The van der Waals surface area contributed by atoms with E-state index in [1.807, 2.05) is 24.1 Å². The lowest BCUT2D eigenvalue weighted by Crippen LogP contribution is -2.30. The molecule has 0 N–H and O–H groups in total. The van der Waals surface area contributed by atoms with Crippen molar-refractivity contribution < 1.29 is 19.0 Å². The Hall–Kier alpha value is -2.28. The number of thiazole rings is 1. The molecule has 0 aliphatic carbocycles. The minimum atomic E-state index is -0.0192. The van der Waals surface area contributed by atoms with Gasteiger partial charge in [-0.1, -0.05) is 11.3 Å². The molecule has 3 rings (SSSR count). The Morgan fingerprint density at radius 1 is 1.28 bits per heavy atom. The third kappa shape index (κ3) is 4.22. The van der Waals surface area contributed by atoms with Crippen LogP contribution in [0.3, 0.4) is 0 Å². The molecular formula is C18H22N2O4S. The predicted octanol–water partition coefficient (Wildman–Crippen LogP) is 3.23. The monoisotopic (exact) mass is 362 g/mol. The van der Waals surface area contributed by atoms with Crippen LogP contribution in [0.15, 0.2) is 29.8 Å². The number of likely N-dealkylation sites (tertiary alicyclic amines) is 1. The van der Waals surface area contributed by atoms with Crippen LogP contribution in [0.1, 0.15) is 30.6 Å². The highest BCUT2D eigenvalue weighted by Crippen LogP contribution is 2.30. The molecule has 1 aromatic heterocycles. The van der Waals surface area contributed by atoms with Gasteiger partial charge in [-0.2, -0.15) is 0 Å². The molecule has 0 radical (unpaired) electrons. The third-order valence-corrected chi connectivity index (χ3v) is 4.56. The Morgan fingerprint density at radius 2 is 2.08 bits per heavy atom. The maximum Gasteiger partial charge on any atom is 0.273 e. The van der Waals surface area contributed by atoms with Gasteiger partial charge in [0.1, 0.15) is 6.10 Å². The maximum atomic E-state index is 12.8. The molecule has 2 heterocycles. The van der Waals surface area contributed by atoms with Gasteiger partial charge in [-0.05, 0) is 32.0 Å². The van der Waals surface area contributed by atoms with E-state index in [0.717, 1.165) is 6.42 Å². The summed E-state index contributed by atoms with van der Waals surface area (Å²) in [4.78, 5) is 18.7. The van der Waals surface area contributed by atoms with E-state index in [1.165, 1.54) is 11.3 Å².